The summed E-state index contributed by atoms with van der Waals surface area (Å²) in [6.45, 7) is 5.70. The molecule has 0 atom stereocenters. The predicted molar refractivity (Wildman–Crippen MR) is 74.1 cm³/mol. The zero-order chi connectivity index (χ0) is 14.1. The Bertz CT molecular complexity index is 381. The van der Waals surface area contributed by atoms with Gasteiger partial charge in [0.2, 0.25) is 0 Å². The maximum atomic E-state index is 12.2. The maximum absolute atomic E-state index is 12.2. The van der Waals surface area contributed by atoms with Gasteiger partial charge >= 0.3 is 0 Å². The van der Waals surface area contributed by atoms with E-state index in [1.165, 1.54) is 6.20 Å². The summed E-state index contributed by atoms with van der Waals surface area (Å²) in [5.41, 5.74) is 0.311. The van der Waals surface area contributed by atoms with E-state index in [2.05, 4.69) is 22.2 Å². The monoisotopic (exact) mass is 266 g/mol. The van der Waals surface area contributed by atoms with Crippen LogP contribution in [0.1, 0.15) is 37.2 Å². The topological polar surface area (TPSA) is 78.3 Å². The van der Waals surface area contributed by atoms with Crippen LogP contribution >= 0.6 is 0 Å². The van der Waals surface area contributed by atoms with E-state index in [9.17, 15) is 4.79 Å². The molecular weight excluding hydrogens is 244 g/mol. The molecule has 2 N–H and O–H groups in total. The summed E-state index contributed by atoms with van der Waals surface area (Å²) in [5.74, 6) is 0.472. The third kappa shape index (κ3) is 4.82. The second-order valence-electron chi connectivity index (χ2n) is 4.19. The number of aliphatic hydroxyl groups is 1. The molecule has 6 nitrogen and oxygen atoms in total. The Balaban J connectivity index is 2.71. The molecule has 0 saturated carbocycles. The zero-order valence-corrected chi connectivity index (χ0v) is 11.6. The fraction of sp³-hybridized carbons (Fsp3) is 0.615. The van der Waals surface area contributed by atoms with Gasteiger partial charge in [-0.15, -0.1) is 0 Å². The molecule has 0 radical (unpaired) electrons. The number of hydrogen-bond donors (Lipinski definition) is 2. The number of rotatable bonds is 8. The Morgan fingerprint density at radius 2 is 2.11 bits per heavy atom. The minimum atomic E-state index is -0.182. The Morgan fingerprint density at radius 3 is 2.63 bits per heavy atom. The SMILES string of the molecule is CCCCN(CCO)C(=O)c1cnc(NCC)cn1. The molecule has 0 fully saturated rings. The van der Waals surface area contributed by atoms with Crippen molar-refractivity contribution in [1.82, 2.24) is 14.9 Å². The van der Waals surface area contributed by atoms with Crippen LogP contribution in [0.15, 0.2) is 12.4 Å². The summed E-state index contributed by atoms with van der Waals surface area (Å²) in [7, 11) is 0. The average molecular weight is 266 g/mol. The highest BCUT2D eigenvalue weighted by Gasteiger charge is 2.16. The fourth-order valence-corrected chi connectivity index (χ4v) is 1.66. The molecule has 6 heteroatoms. The highest BCUT2D eigenvalue weighted by molar-refractivity contribution is 5.92. The van der Waals surface area contributed by atoms with Crippen LogP contribution in [-0.4, -0.2) is 52.1 Å². The number of carbonyl (C=O) groups excluding carboxylic acids is 1. The molecular formula is C13H22N4O2. The van der Waals surface area contributed by atoms with E-state index in [-0.39, 0.29) is 12.5 Å². The largest absolute Gasteiger partial charge is 0.395 e. The van der Waals surface area contributed by atoms with Crippen LogP contribution in [0.3, 0.4) is 0 Å². The summed E-state index contributed by atoms with van der Waals surface area (Å²) in [6.07, 6.45) is 4.93. The van der Waals surface area contributed by atoms with Crippen LogP contribution in [0.2, 0.25) is 0 Å². The quantitative estimate of drug-likeness (QED) is 0.738. The molecule has 0 saturated heterocycles. The van der Waals surface area contributed by atoms with E-state index in [1.54, 1.807) is 11.1 Å². The van der Waals surface area contributed by atoms with Crippen molar-refractivity contribution in [3.05, 3.63) is 18.1 Å². The highest BCUT2D eigenvalue weighted by Crippen LogP contribution is 2.05. The first kappa shape index (κ1) is 15.4. The number of nitrogens with one attached hydrogen (secondary N) is 1. The van der Waals surface area contributed by atoms with Crippen LogP contribution in [0.4, 0.5) is 5.82 Å². The summed E-state index contributed by atoms with van der Waals surface area (Å²) < 4.78 is 0. The van der Waals surface area contributed by atoms with E-state index in [0.29, 0.717) is 24.6 Å². The second kappa shape index (κ2) is 8.42. The number of amides is 1. The van der Waals surface area contributed by atoms with Crippen molar-refractivity contribution in [3.8, 4) is 0 Å². The molecule has 1 heterocycles. The van der Waals surface area contributed by atoms with Gasteiger partial charge in [-0.2, -0.15) is 0 Å². The lowest BCUT2D eigenvalue weighted by Gasteiger charge is -2.20. The first-order valence-electron chi connectivity index (χ1n) is 6.69. The number of anilines is 1. The van der Waals surface area contributed by atoms with Crippen LogP contribution in [0.25, 0.3) is 0 Å². The smallest absolute Gasteiger partial charge is 0.274 e. The third-order valence-electron chi connectivity index (χ3n) is 2.67. The van der Waals surface area contributed by atoms with Gasteiger partial charge in [0.15, 0.2) is 0 Å². The van der Waals surface area contributed by atoms with Gasteiger partial charge in [-0.25, -0.2) is 9.97 Å². The van der Waals surface area contributed by atoms with Crippen LogP contribution in [-0.2, 0) is 0 Å². The summed E-state index contributed by atoms with van der Waals surface area (Å²) in [6, 6.07) is 0. The Labute approximate surface area is 113 Å². The summed E-state index contributed by atoms with van der Waals surface area (Å²) in [5, 5.41) is 12.0. The fourth-order valence-electron chi connectivity index (χ4n) is 1.66. The third-order valence-corrected chi connectivity index (χ3v) is 2.67. The van der Waals surface area contributed by atoms with Gasteiger partial charge in [-0.1, -0.05) is 13.3 Å². The molecule has 0 aliphatic rings. The zero-order valence-electron chi connectivity index (χ0n) is 11.6. The lowest BCUT2D eigenvalue weighted by atomic mass is 10.3. The first-order chi connectivity index (χ1) is 9.22. The van der Waals surface area contributed by atoms with Gasteiger partial charge in [0, 0.05) is 19.6 Å². The summed E-state index contributed by atoms with van der Waals surface area (Å²) >= 11 is 0. The van der Waals surface area contributed by atoms with Crippen LogP contribution in [0, 0.1) is 0 Å². The number of aliphatic hydroxyl groups excluding tert-OH is 1. The molecule has 0 spiro atoms. The molecule has 0 aromatic carbocycles. The Kier molecular flexibility index (Phi) is 6.81. The standard InChI is InChI=1S/C13H22N4O2/c1-3-5-6-17(7-8-18)13(19)11-9-16-12(10-15-11)14-4-2/h9-10,18H,3-8H2,1-2H3,(H,14,16). The van der Waals surface area contributed by atoms with Crippen molar-refractivity contribution in [2.75, 3.05) is 31.6 Å². The Hall–Kier alpha value is -1.69. The van der Waals surface area contributed by atoms with Gasteiger partial charge in [0.05, 0.1) is 19.0 Å². The van der Waals surface area contributed by atoms with Crippen LogP contribution < -0.4 is 5.32 Å². The number of hydrogen-bond acceptors (Lipinski definition) is 5. The van der Waals surface area contributed by atoms with Crippen molar-refractivity contribution in [1.29, 1.82) is 0 Å². The van der Waals surface area contributed by atoms with Gasteiger partial charge < -0.3 is 15.3 Å². The molecule has 0 bridgehead atoms. The van der Waals surface area contributed by atoms with Crippen molar-refractivity contribution < 1.29 is 9.90 Å². The van der Waals surface area contributed by atoms with E-state index in [0.717, 1.165) is 19.4 Å². The van der Waals surface area contributed by atoms with Crippen molar-refractivity contribution in [2.45, 2.75) is 26.7 Å². The number of carbonyl (C=O) groups is 1. The van der Waals surface area contributed by atoms with Crippen molar-refractivity contribution >= 4 is 11.7 Å². The first-order valence-corrected chi connectivity index (χ1v) is 6.69. The lowest BCUT2D eigenvalue weighted by molar-refractivity contribution is 0.0713. The lowest BCUT2D eigenvalue weighted by Crippen LogP contribution is -2.35. The van der Waals surface area contributed by atoms with Crippen LogP contribution in [0.5, 0.6) is 0 Å². The Morgan fingerprint density at radius 1 is 1.32 bits per heavy atom. The number of nitrogens with zero attached hydrogens (tertiary/aromatic N) is 3. The molecule has 0 aliphatic carbocycles. The van der Waals surface area contributed by atoms with E-state index >= 15 is 0 Å². The molecule has 1 rings (SSSR count). The average Bonchev–Trinajstić information content (AvgIpc) is 2.44. The maximum Gasteiger partial charge on any atom is 0.274 e. The van der Waals surface area contributed by atoms with E-state index in [4.69, 9.17) is 5.11 Å². The van der Waals surface area contributed by atoms with Gasteiger partial charge in [0.25, 0.3) is 5.91 Å². The minimum absolute atomic E-state index is 0.0433. The second-order valence-corrected chi connectivity index (χ2v) is 4.19. The minimum Gasteiger partial charge on any atom is -0.395 e. The normalized spacial score (nSPS) is 10.3. The predicted octanol–water partition coefficient (Wildman–Crippen LogP) is 1.14. The van der Waals surface area contributed by atoms with Crippen molar-refractivity contribution in [2.24, 2.45) is 0 Å². The van der Waals surface area contributed by atoms with E-state index in [1.807, 2.05) is 6.92 Å². The highest BCUT2D eigenvalue weighted by atomic mass is 16.3. The van der Waals surface area contributed by atoms with E-state index < -0.39 is 0 Å². The molecule has 1 aromatic rings. The number of unbranched alkanes of at least 4 members (excludes halogenated alkanes) is 1. The number of aromatic nitrogens is 2. The molecule has 1 aromatic heterocycles. The van der Waals surface area contributed by atoms with Gasteiger partial charge in [-0.05, 0) is 13.3 Å². The van der Waals surface area contributed by atoms with Gasteiger partial charge in [0.1, 0.15) is 11.5 Å². The molecule has 106 valence electrons. The molecule has 19 heavy (non-hydrogen) atoms. The molecule has 0 unspecified atom stereocenters. The molecule has 1 amide bonds. The molecule has 0 aliphatic heterocycles. The van der Waals surface area contributed by atoms with Gasteiger partial charge in [-0.3, -0.25) is 4.79 Å². The van der Waals surface area contributed by atoms with Crippen molar-refractivity contribution in [3.63, 3.8) is 0 Å². The summed E-state index contributed by atoms with van der Waals surface area (Å²) in [4.78, 5) is 22.1.